The first-order chi connectivity index (χ1) is 8.26. The van der Waals surface area contributed by atoms with Crippen molar-refractivity contribution in [2.75, 3.05) is 17.2 Å². The maximum absolute atomic E-state index is 4.29. The van der Waals surface area contributed by atoms with Crippen molar-refractivity contribution in [1.82, 2.24) is 9.97 Å². The van der Waals surface area contributed by atoms with Gasteiger partial charge in [-0.15, -0.1) is 0 Å². The molecule has 0 aliphatic heterocycles. The second-order valence-corrected chi connectivity index (χ2v) is 5.24. The van der Waals surface area contributed by atoms with Gasteiger partial charge in [0.05, 0.1) is 0 Å². The summed E-state index contributed by atoms with van der Waals surface area (Å²) in [5.41, 5.74) is 0. The highest BCUT2D eigenvalue weighted by Gasteiger charge is 2.36. The van der Waals surface area contributed by atoms with Crippen LogP contribution in [0.1, 0.15) is 33.1 Å². The van der Waals surface area contributed by atoms with Crippen LogP contribution in [-0.4, -0.2) is 22.6 Å². The van der Waals surface area contributed by atoms with Crippen LogP contribution in [-0.2, 0) is 0 Å². The Balaban J connectivity index is 1.99. The van der Waals surface area contributed by atoms with E-state index < -0.39 is 0 Å². The molecule has 1 saturated carbocycles. The van der Waals surface area contributed by atoms with Crippen molar-refractivity contribution in [3.05, 3.63) is 10.8 Å². The molecule has 0 bridgehead atoms. The van der Waals surface area contributed by atoms with Gasteiger partial charge in [0.2, 0.25) is 0 Å². The third kappa shape index (κ3) is 3.09. The molecule has 1 fully saturated rings. The van der Waals surface area contributed by atoms with Crippen LogP contribution in [0, 0.1) is 5.92 Å². The van der Waals surface area contributed by atoms with Gasteiger partial charge < -0.3 is 10.6 Å². The lowest BCUT2D eigenvalue weighted by atomic mass is 10.2. The van der Waals surface area contributed by atoms with Crippen LogP contribution < -0.4 is 10.6 Å². The Labute approximate surface area is 111 Å². The van der Waals surface area contributed by atoms with Gasteiger partial charge >= 0.3 is 0 Å². The largest absolute Gasteiger partial charge is 0.369 e. The molecule has 0 spiro atoms. The lowest BCUT2D eigenvalue weighted by molar-refractivity contribution is 0.692. The molecule has 1 aliphatic rings. The lowest BCUT2D eigenvalue weighted by Crippen LogP contribution is -2.09. The van der Waals surface area contributed by atoms with Crippen molar-refractivity contribution in [2.24, 2.45) is 5.92 Å². The minimum atomic E-state index is 0.593. The van der Waals surface area contributed by atoms with Crippen molar-refractivity contribution < 1.29 is 0 Å². The Morgan fingerprint density at radius 1 is 1.35 bits per heavy atom. The summed E-state index contributed by atoms with van der Waals surface area (Å²) in [6.45, 7) is 5.15. The Kier molecular flexibility index (Phi) is 4.20. The SMILES string of the molecule is CCCC1CC1Nc1ncnc(NCC)c1Br. The van der Waals surface area contributed by atoms with Crippen molar-refractivity contribution >= 4 is 27.6 Å². The highest BCUT2D eigenvalue weighted by molar-refractivity contribution is 9.10. The Hall–Kier alpha value is -0.840. The van der Waals surface area contributed by atoms with E-state index in [4.69, 9.17) is 0 Å². The fourth-order valence-corrected chi connectivity index (χ4v) is 2.51. The van der Waals surface area contributed by atoms with Gasteiger partial charge in [0.1, 0.15) is 22.4 Å². The van der Waals surface area contributed by atoms with Gasteiger partial charge in [-0.3, -0.25) is 0 Å². The van der Waals surface area contributed by atoms with Gasteiger partial charge in [-0.25, -0.2) is 9.97 Å². The van der Waals surface area contributed by atoms with Crippen LogP contribution in [0.15, 0.2) is 10.8 Å². The minimum Gasteiger partial charge on any atom is -0.369 e. The zero-order valence-corrected chi connectivity index (χ0v) is 11.9. The Bertz CT molecular complexity index is 383. The van der Waals surface area contributed by atoms with Gasteiger partial charge in [0.15, 0.2) is 0 Å². The van der Waals surface area contributed by atoms with E-state index in [1.165, 1.54) is 19.3 Å². The molecule has 2 unspecified atom stereocenters. The molecule has 1 heterocycles. The molecular weight excluding hydrogens is 280 g/mol. The molecule has 5 heteroatoms. The van der Waals surface area contributed by atoms with Gasteiger partial charge in [-0.05, 0) is 41.6 Å². The maximum Gasteiger partial charge on any atom is 0.146 e. The fourth-order valence-electron chi connectivity index (χ4n) is 2.05. The van der Waals surface area contributed by atoms with E-state index in [2.05, 4.69) is 50.4 Å². The minimum absolute atomic E-state index is 0.593. The first kappa shape index (κ1) is 12.6. The Morgan fingerprint density at radius 3 is 2.82 bits per heavy atom. The number of halogens is 1. The van der Waals surface area contributed by atoms with Crippen molar-refractivity contribution in [2.45, 2.75) is 39.2 Å². The highest BCUT2D eigenvalue weighted by Crippen LogP contribution is 2.38. The molecule has 0 radical (unpaired) electrons. The van der Waals surface area contributed by atoms with E-state index >= 15 is 0 Å². The number of nitrogens with one attached hydrogen (secondary N) is 2. The molecule has 1 aliphatic carbocycles. The summed E-state index contributed by atoms with van der Waals surface area (Å²) in [7, 11) is 0. The number of hydrogen-bond acceptors (Lipinski definition) is 4. The molecule has 1 aromatic heterocycles. The molecular formula is C12H19BrN4. The molecule has 17 heavy (non-hydrogen) atoms. The van der Waals surface area contributed by atoms with E-state index in [-0.39, 0.29) is 0 Å². The van der Waals surface area contributed by atoms with Crippen LogP contribution in [0.25, 0.3) is 0 Å². The Morgan fingerprint density at radius 2 is 2.12 bits per heavy atom. The zero-order valence-electron chi connectivity index (χ0n) is 10.3. The molecule has 2 atom stereocenters. The number of aromatic nitrogens is 2. The summed E-state index contributed by atoms with van der Waals surface area (Å²) >= 11 is 3.55. The van der Waals surface area contributed by atoms with Crippen molar-refractivity contribution in [1.29, 1.82) is 0 Å². The molecule has 2 N–H and O–H groups in total. The molecule has 1 aromatic rings. The predicted octanol–water partition coefficient (Wildman–Crippen LogP) is 3.27. The molecule has 4 nitrogen and oxygen atoms in total. The van der Waals surface area contributed by atoms with Crippen LogP contribution in [0.5, 0.6) is 0 Å². The second kappa shape index (κ2) is 5.67. The van der Waals surface area contributed by atoms with Crippen LogP contribution >= 0.6 is 15.9 Å². The monoisotopic (exact) mass is 298 g/mol. The summed E-state index contributed by atoms with van der Waals surface area (Å²) < 4.78 is 0.934. The number of rotatable bonds is 6. The maximum atomic E-state index is 4.29. The summed E-state index contributed by atoms with van der Waals surface area (Å²) in [5.74, 6) is 2.58. The van der Waals surface area contributed by atoms with Crippen molar-refractivity contribution in [3.63, 3.8) is 0 Å². The van der Waals surface area contributed by atoms with Gasteiger partial charge in [0.25, 0.3) is 0 Å². The second-order valence-electron chi connectivity index (χ2n) is 4.45. The lowest BCUT2D eigenvalue weighted by Gasteiger charge is -2.10. The normalized spacial score (nSPS) is 22.3. The number of hydrogen-bond donors (Lipinski definition) is 2. The average molecular weight is 299 g/mol. The molecule has 0 saturated heterocycles. The quantitative estimate of drug-likeness (QED) is 0.846. The molecule has 0 amide bonds. The van der Waals surface area contributed by atoms with E-state index in [9.17, 15) is 0 Å². The first-order valence-electron chi connectivity index (χ1n) is 6.27. The summed E-state index contributed by atoms with van der Waals surface area (Å²) in [5, 5.41) is 6.69. The van der Waals surface area contributed by atoms with Gasteiger partial charge in [-0.2, -0.15) is 0 Å². The van der Waals surface area contributed by atoms with Crippen LogP contribution in [0.4, 0.5) is 11.6 Å². The predicted molar refractivity (Wildman–Crippen MR) is 74.3 cm³/mol. The molecule has 94 valence electrons. The summed E-state index contributed by atoms with van der Waals surface area (Å²) in [6, 6.07) is 0.593. The number of anilines is 2. The zero-order chi connectivity index (χ0) is 12.3. The fraction of sp³-hybridized carbons (Fsp3) is 0.667. The standard InChI is InChI=1S/C12H19BrN4/c1-3-5-8-6-9(8)17-12-10(13)11(14-4-2)15-7-16-12/h7-9H,3-6H2,1-2H3,(H2,14,15,16,17). The van der Waals surface area contributed by atoms with Crippen LogP contribution in [0.3, 0.4) is 0 Å². The molecule has 0 aromatic carbocycles. The van der Waals surface area contributed by atoms with E-state index in [1.54, 1.807) is 6.33 Å². The van der Waals surface area contributed by atoms with Gasteiger partial charge in [0, 0.05) is 12.6 Å². The van der Waals surface area contributed by atoms with E-state index in [1.807, 2.05) is 0 Å². The third-order valence-corrected chi connectivity index (χ3v) is 3.79. The smallest absolute Gasteiger partial charge is 0.146 e. The topological polar surface area (TPSA) is 49.8 Å². The average Bonchev–Trinajstić information content (AvgIpc) is 3.03. The number of nitrogens with zero attached hydrogens (tertiary/aromatic N) is 2. The van der Waals surface area contributed by atoms with Crippen LogP contribution in [0.2, 0.25) is 0 Å². The van der Waals surface area contributed by atoms with E-state index in [0.717, 1.165) is 28.6 Å². The highest BCUT2D eigenvalue weighted by atomic mass is 79.9. The van der Waals surface area contributed by atoms with Crippen molar-refractivity contribution in [3.8, 4) is 0 Å². The summed E-state index contributed by atoms with van der Waals surface area (Å²) in [6.07, 6.45) is 5.43. The van der Waals surface area contributed by atoms with E-state index in [0.29, 0.717) is 6.04 Å². The summed E-state index contributed by atoms with van der Waals surface area (Å²) in [4.78, 5) is 8.49. The third-order valence-electron chi connectivity index (χ3n) is 3.04. The first-order valence-corrected chi connectivity index (χ1v) is 7.06. The van der Waals surface area contributed by atoms with Gasteiger partial charge in [-0.1, -0.05) is 13.3 Å². The molecule has 2 rings (SSSR count).